The van der Waals surface area contributed by atoms with Gasteiger partial charge in [0.2, 0.25) is 0 Å². The number of aliphatic hydroxyl groups is 1. The Morgan fingerprint density at radius 3 is 1.62 bits per heavy atom. The van der Waals surface area contributed by atoms with Crippen LogP contribution in [0.25, 0.3) is 0 Å². The molecule has 0 aliphatic carbocycles. The summed E-state index contributed by atoms with van der Waals surface area (Å²) in [5.74, 6) is 0.477. The first-order chi connectivity index (χ1) is 6.05. The van der Waals surface area contributed by atoms with Gasteiger partial charge in [0.05, 0.1) is 6.10 Å². The molecule has 13 heavy (non-hydrogen) atoms. The Kier molecular flexibility index (Phi) is 5.62. The summed E-state index contributed by atoms with van der Waals surface area (Å²) >= 11 is 0. The van der Waals surface area contributed by atoms with Gasteiger partial charge in [-0.3, -0.25) is 0 Å². The van der Waals surface area contributed by atoms with Crippen molar-refractivity contribution in [1.82, 2.24) is 0 Å². The molecule has 0 bridgehead atoms. The normalized spacial score (nSPS) is 15.0. The zero-order valence-electron chi connectivity index (χ0n) is 9.93. The predicted molar refractivity (Wildman–Crippen MR) is 58.8 cm³/mol. The summed E-state index contributed by atoms with van der Waals surface area (Å²) in [6.07, 6.45) is 4.19. The predicted octanol–water partition coefficient (Wildman–Crippen LogP) is 3.61. The average molecular weight is 186 g/mol. The fourth-order valence-electron chi connectivity index (χ4n) is 1.97. The van der Waals surface area contributed by atoms with E-state index in [2.05, 4.69) is 34.6 Å². The molecule has 0 aliphatic rings. The smallest absolute Gasteiger partial charge is 0.0621 e. The summed E-state index contributed by atoms with van der Waals surface area (Å²) in [5.41, 5.74) is 0.122. The van der Waals surface area contributed by atoms with Crippen LogP contribution in [0.1, 0.15) is 60.3 Å². The maximum Gasteiger partial charge on any atom is 0.0621 e. The molecule has 0 aliphatic heterocycles. The minimum Gasteiger partial charge on any atom is -0.392 e. The van der Waals surface area contributed by atoms with Gasteiger partial charge < -0.3 is 5.11 Å². The van der Waals surface area contributed by atoms with E-state index in [9.17, 15) is 5.11 Å². The number of hydrogen-bond donors (Lipinski definition) is 1. The molecule has 0 aromatic heterocycles. The van der Waals surface area contributed by atoms with Crippen LogP contribution in [-0.2, 0) is 0 Å². The van der Waals surface area contributed by atoms with Crippen LogP contribution in [0.5, 0.6) is 0 Å². The van der Waals surface area contributed by atoms with E-state index in [4.69, 9.17) is 0 Å². The van der Waals surface area contributed by atoms with E-state index < -0.39 is 0 Å². The third kappa shape index (κ3) is 2.98. The monoisotopic (exact) mass is 186 g/mol. The molecule has 0 rings (SSSR count). The summed E-state index contributed by atoms with van der Waals surface area (Å²) in [7, 11) is 0. The highest BCUT2D eigenvalue weighted by molar-refractivity contribution is 4.83. The Morgan fingerprint density at radius 1 is 1.00 bits per heavy atom. The Balaban J connectivity index is 4.42. The molecule has 0 saturated heterocycles. The highest BCUT2D eigenvalue weighted by Crippen LogP contribution is 2.35. The van der Waals surface area contributed by atoms with Crippen LogP contribution in [0, 0.1) is 11.3 Å². The van der Waals surface area contributed by atoms with Crippen molar-refractivity contribution >= 4 is 0 Å². The molecular formula is C12H26O. The van der Waals surface area contributed by atoms with Crippen molar-refractivity contribution in [2.24, 2.45) is 11.3 Å². The zero-order chi connectivity index (χ0) is 10.5. The molecule has 0 saturated carbocycles. The lowest BCUT2D eigenvalue weighted by Crippen LogP contribution is -2.37. The van der Waals surface area contributed by atoms with Gasteiger partial charge in [0, 0.05) is 0 Å². The van der Waals surface area contributed by atoms with Crippen LogP contribution in [0.3, 0.4) is 0 Å². The van der Waals surface area contributed by atoms with E-state index in [1.807, 2.05) is 0 Å². The molecule has 0 radical (unpaired) electrons. The molecule has 0 amide bonds. The number of hydrogen-bond acceptors (Lipinski definition) is 1. The summed E-state index contributed by atoms with van der Waals surface area (Å²) in [5, 5.41) is 10.2. The minimum absolute atomic E-state index is 0.122. The Hall–Kier alpha value is -0.0400. The van der Waals surface area contributed by atoms with Gasteiger partial charge in [-0.15, -0.1) is 0 Å². The van der Waals surface area contributed by atoms with E-state index in [0.717, 1.165) is 25.7 Å². The van der Waals surface area contributed by atoms with Crippen LogP contribution in [0.15, 0.2) is 0 Å². The first-order valence-electron chi connectivity index (χ1n) is 5.73. The second kappa shape index (κ2) is 5.64. The van der Waals surface area contributed by atoms with Crippen molar-refractivity contribution in [2.45, 2.75) is 66.4 Å². The molecule has 0 fully saturated rings. The molecule has 1 atom stereocenters. The Morgan fingerprint density at radius 2 is 1.38 bits per heavy atom. The van der Waals surface area contributed by atoms with E-state index in [0.29, 0.717) is 5.92 Å². The average Bonchev–Trinajstić information content (AvgIpc) is 2.18. The fourth-order valence-corrected chi connectivity index (χ4v) is 1.97. The fraction of sp³-hybridized carbons (Fsp3) is 1.00. The van der Waals surface area contributed by atoms with Gasteiger partial charge in [0.15, 0.2) is 0 Å². The Labute approximate surface area is 83.5 Å². The lowest BCUT2D eigenvalue weighted by atomic mass is 9.72. The van der Waals surface area contributed by atoms with Gasteiger partial charge in [-0.1, -0.05) is 47.5 Å². The highest BCUT2D eigenvalue weighted by Gasteiger charge is 2.33. The minimum atomic E-state index is -0.127. The molecule has 1 N–H and O–H groups in total. The molecule has 0 aromatic carbocycles. The van der Waals surface area contributed by atoms with Crippen LogP contribution in [0.2, 0.25) is 0 Å². The van der Waals surface area contributed by atoms with Gasteiger partial charge >= 0.3 is 0 Å². The molecule has 0 heterocycles. The van der Waals surface area contributed by atoms with Crippen molar-refractivity contribution in [3.63, 3.8) is 0 Å². The first-order valence-corrected chi connectivity index (χ1v) is 5.73. The first kappa shape index (κ1) is 13.0. The van der Waals surface area contributed by atoms with Gasteiger partial charge in [-0.05, 0) is 24.2 Å². The van der Waals surface area contributed by atoms with Gasteiger partial charge in [-0.2, -0.15) is 0 Å². The van der Waals surface area contributed by atoms with Crippen molar-refractivity contribution in [2.75, 3.05) is 0 Å². The quantitative estimate of drug-likeness (QED) is 0.672. The highest BCUT2D eigenvalue weighted by atomic mass is 16.3. The van der Waals surface area contributed by atoms with Gasteiger partial charge in [0.25, 0.3) is 0 Å². The lowest BCUT2D eigenvalue weighted by Gasteiger charge is -2.37. The molecule has 0 aromatic rings. The summed E-state index contributed by atoms with van der Waals surface area (Å²) in [6.45, 7) is 10.9. The third-order valence-corrected chi connectivity index (χ3v) is 3.82. The maximum atomic E-state index is 10.2. The summed E-state index contributed by atoms with van der Waals surface area (Å²) < 4.78 is 0. The summed E-state index contributed by atoms with van der Waals surface area (Å²) in [4.78, 5) is 0. The van der Waals surface area contributed by atoms with Gasteiger partial charge in [0.1, 0.15) is 0 Å². The van der Waals surface area contributed by atoms with Crippen LogP contribution in [0.4, 0.5) is 0 Å². The standard InChI is InChI=1S/C12H26O/c1-6-10(7-2)11(13)12(5,8-3)9-4/h10-11,13H,6-9H2,1-5H3. The second-order valence-electron chi connectivity index (χ2n) is 4.38. The molecule has 0 spiro atoms. The molecule has 1 nitrogen and oxygen atoms in total. The SMILES string of the molecule is CCC(CC)C(O)C(C)(CC)CC. The largest absolute Gasteiger partial charge is 0.392 e. The van der Waals surface area contributed by atoms with E-state index in [-0.39, 0.29) is 11.5 Å². The maximum absolute atomic E-state index is 10.2. The lowest BCUT2D eigenvalue weighted by molar-refractivity contribution is -0.0169. The van der Waals surface area contributed by atoms with Crippen LogP contribution >= 0.6 is 0 Å². The summed E-state index contributed by atoms with van der Waals surface area (Å²) in [6, 6.07) is 0. The van der Waals surface area contributed by atoms with Crippen LogP contribution < -0.4 is 0 Å². The molecule has 80 valence electrons. The zero-order valence-corrected chi connectivity index (χ0v) is 9.93. The molecule has 1 unspecified atom stereocenters. The molecular weight excluding hydrogens is 160 g/mol. The number of rotatable bonds is 6. The van der Waals surface area contributed by atoms with Gasteiger partial charge in [-0.25, -0.2) is 0 Å². The third-order valence-electron chi connectivity index (χ3n) is 3.82. The second-order valence-corrected chi connectivity index (χ2v) is 4.38. The van der Waals surface area contributed by atoms with E-state index in [1.165, 1.54) is 0 Å². The Bertz CT molecular complexity index is 123. The van der Waals surface area contributed by atoms with E-state index in [1.54, 1.807) is 0 Å². The molecule has 1 heteroatoms. The van der Waals surface area contributed by atoms with Crippen molar-refractivity contribution in [1.29, 1.82) is 0 Å². The van der Waals surface area contributed by atoms with Crippen molar-refractivity contribution in [3.05, 3.63) is 0 Å². The van der Waals surface area contributed by atoms with E-state index >= 15 is 0 Å². The number of aliphatic hydroxyl groups excluding tert-OH is 1. The topological polar surface area (TPSA) is 20.2 Å². The van der Waals surface area contributed by atoms with Crippen molar-refractivity contribution < 1.29 is 5.11 Å². The van der Waals surface area contributed by atoms with Crippen molar-refractivity contribution in [3.8, 4) is 0 Å². The van der Waals surface area contributed by atoms with Crippen LogP contribution in [-0.4, -0.2) is 11.2 Å².